The molecule has 0 radical (unpaired) electrons. The van der Waals surface area contributed by atoms with Crippen molar-refractivity contribution in [2.45, 2.75) is 32.0 Å². The largest absolute Gasteiger partial charge is 0.501 e. The maximum atomic E-state index is 15.3. The molecule has 2 N–H and O–H groups in total. The highest BCUT2D eigenvalue weighted by Crippen LogP contribution is 2.43. The second-order valence-electron chi connectivity index (χ2n) is 7.82. The van der Waals surface area contributed by atoms with E-state index in [1.165, 1.54) is 20.1 Å². The zero-order valence-electron chi connectivity index (χ0n) is 17.0. The summed E-state index contributed by atoms with van der Waals surface area (Å²) in [5, 5.41) is 5.59. The number of aromatic nitrogens is 1. The van der Waals surface area contributed by atoms with Crippen molar-refractivity contribution >= 4 is 11.9 Å². The van der Waals surface area contributed by atoms with Crippen molar-refractivity contribution in [2.24, 2.45) is 5.92 Å². The van der Waals surface area contributed by atoms with Gasteiger partial charge in [-0.25, -0.2) is 13.8 Å². The third-order valence-corrected chi connectivity index (χ3v) is 5.55. The minimum atomic E-state index is -1.98. The number of anilines is 1. The molecule has 1 aliphatic heterocycles. The molecular weight excluding hydrogens is 392 g/mol. The van der Waals surface area contributed by atoms with E-state index in [9.17, 15) is 9.18 Å². The number of ether oxygens (including phenoxy) is 1. The Morgan fingerprint density at radius 2 is 2.07 bits per heavy atom. The summed E-state index contributed by atoms with van der Waals surface area (Å²) in [5.74, 6) is -1.08. The predicted octanol–water partition coefficient (Wildman–Crippen LogP) is 4.06. The number of hydrogen-bond donors (Lipinski definition) is 2. The Kier molecular flexibility index (Phi) is 5.09. The van der Waals surface area contributed by atoms with Gasteiger partial charge in [-0.1, -0.05) is 29.8 Å². The SMILES string of the molecule is COC1=CC(F)=C([C@@H]2CNC(=O)[C@H]2Nc2ncc(-c3ccc(C)cc3)o2)C(C)(F)C1. The van der Waals surface area contributed by atoms with Gasteiger partial charge in [0.2, 0.25) is 5.91 Å². The number of amides is 1. The van der Waals surface area contributed by atoms with Crippen LogP contribution in [0.15, 0.2) is 58.1 Å². The average molecular weight is 415 g/mol. The zero-order chi connectivity index (χ0) is 21.5. The smallest absolute Gasteiger partial charge is 0.295 e. The van der Waals surface area contributed by atoms with E-state index >= 15 is 4.39 Å². The van der Waals surface area contributed by atoms with Crippen LogP contribution in [0.5, 0.6) is 0 Å². The van der Waals surface area contributed by atoms with E-state index in [1.807, 2.05) is 31.2 Å². The van der Waals surface area contributed by atoms with Crippen LogP contribution in [0.2, 0.25) is 0 Å². The van der Waals surface area contributed by atoms with Crippen molar-refractivity contribution < 1.29 is 22.7 Å². The number of nitrogens with zero attached hydrogens (tertiary/aromatic N) is 1. The van der Waals surface area contributed by atoms with Crippen molar-refractivity contribution in [3.63, 3.8) is 0 Å². The minimum Gasteiger partial charge on any atom is -0.501 e. The molecule has 1 saturated heterocycles. The molecule has 1 unspecified atom stereocenters. The maximum Gasteiger partial charge on any atom is 0.295 e. The molecular formula is C22H23F2N3O3. The summed E-state index contributed by atoms with van der Waals surface area (Å²) in [6.45, 7) is 3.40. The normalized spacial score (nSPS) is 26.4. The van der Waals surface area contributed by atoms with Crippen molar-refractivity contribution in [1.82, 2.24) is 10.3 Å². The van der Waals surface area contributed by atoms with Crippen LogP contribution in [0.1, 0.15) is 18.9 Å². The molecule has 158 valence electrons. The summed E-state index contributed by atoms with van der Waals surface area (Å²) < 4.78 is 40.9. The lowest BCUT2D eigenvalue weighted by Crippen LogP contribution is -2.40. The Balaban J connectivity index is 1.60. The summed E-state index contributed by atoms with van der Waals surface area (Å²) in [7, 11) is 1.37. The summed E-state index contributed by atoms with van der Waals surface area (Å²) in [5.41, 5.74) is -0.0949. The molecule has 6 nitrogen and oxygen atoms in total. The third kappa shape index (κ3) is 3.69. The van der Waals surface area contributed by atoms with Crippen LogP contribution in [0, 0.1) is 12.8 Å². The lowest BCUT2D eigenvalue weighted by Gasteiger charge is -2.33. The molecule has 2 aromatic rings. The molecule has 30 heavy (non-hydrogen) atoms. The zero-order valence-corrected chi connectivity index (χ0v) is 17.0. The number of halogens is 2. The highest BCUT2D eigenvalue weighted by atomic mass is 19.1. The molecule has 1 fully saturated rings. The van der Waals surface area contributed by atoms with Gasteiger partial charge in [0, 0.05) is 36.1 Å². The van der Waals surface area contributed by atoms with Crippen LogP contribution in [0.4, 0.5) is 14.8 Å². The van der Waals surface area contributed by atoms with Crippen molar-refractivity contribution in [3.05, 3.63) is 59.3 Å². The van der Waals surface area contributed by atoms with Gasteiger partial charge in [0.1, 0.15) is 23.3 Å². The summed E-state index contributed by atoms with van der Waals surface area (Å²) in [6, 6.07) is 6.91. The summed E-state index contributed by atoms with van der Waals surface area (Å²) in [6.07, 6.45) is 2.62. The number of hydrogen-bond acceptors (Lipinski definition) is 5. The number of oxazole rings is 1. The molecule has 0 spiro atoms. The number of rotatable bonds is 5. The molecule has 1 aromatic carbocycles. The van der Waals surface area contributed by atoms with E-state index in [-0.39, 0.29) is 36.2 Å². The third-order valence-electron chi connectivity index (χ3n) is 5.55. The van der Waals surface area contributed by atoms with Gasteiger partial charge in [0.25, 0.3) is 6.01 Å². The topological polar surface area (TPSA) is 76.4 Å². The van der Waals surface area contributed by atoms with Crippen molar-refractivity contribution in [1.29, 1.82) is 0 Å². The molecule has 0 bridgehead atoms. The maximum absolute atomic E-state index is 15.3. The number of aryl methyl sites for hydroxylation is 1. The number of methoxy groups -OCH3 is 1. The van der Waals surface area contributed by atoms with Crippen LogP contribution >= 0.6 is 0 Å². The van der Waals surface area contributed by atoms with E-state index in [4.69, 9.17) is 9.15 Å². The summed E-state index contributed by atoms with van der Waals surface area (Å²) >= 11 is 0. The van der Waals surface area contributed by atoms with E-state index in [0.717, 1.165) is 11.1 Å². The minimum absolute atomic E-state index is 0.0653. The first-order valence-corrected chi connectivity index (χ1v) is 9.69. The van der Waals surface area contributed by atoms with Crippen LogP contribution < -0.4 is 10.6 Å². The second kappa shape index (κ2) is 7.59. The molecule has 4 rings (SSSR count). The summed E-state index contributed by atoms with van der Waals surface area (Å²) in [4.78, 5) is 16.6. The molecule has 2 heterocycles. The molecule has 1 aromatic heterocycles. The first-order chi connectivity index (χ1) is 14.3. The number of allylic oxidation sites excluding steroid dienone is 3. The van der Waals surface area contributed by atoms with Crippen LogP contribution in [-0.4, -0.2) is 36.3 Å². The fraction of sp³-hybridized carbons (Fsp3) is 0.364. The lowest BCUT2D eigenvalue weighted by molar-refractivity contribution is -0.120. The fourth-order valence-electron chi connectivity index (χ4n) is 4.02. The number of carbonyl (C=O) groups excluding carboxylic acids is 1. The Morgan fingerprint density at radius 3 is 2.73 bits per heavy atom. The molecule has 8 heteroatoms. The first-order valence-electron chi connectivity index (χ1n) is 9.69. The monoisotopic (exact) mass is 415 g/mol. The van der Waals surface area contributed by atoms with Gasteiger partial charge in [-0.2, -0.15) is 0 Å². The van der Waals surface area contributed by atoms with Gasteiger partial charge in [-0.05, 0) is 13.8 Å². The van der Waals surface area contributed by atoms with E-state index in [0.29, 0.717) is 5.76 Å². The molecule has 0 saturated carbocycles. The van der Waals surface area contributed by atoms with Gasteiger partial charge in [0.15, 0.2) is 5.76 Å². The predicted molar refractivity (Wildman–Crippen MR) is 108 cm³/mol. The molecule has 2 aliphatic rings. The van der Waals surface area contributed by atoms with Crippen LogP contribution in [0.3, 0.4) is 0 Å². The Bertz CT molecular complexity index is 1020. The standard InChI is InChI=1S/C22H23F2N3O3/c1-12-4-6-13(7-5-12)17-11-26-21(30-17)27-19-15(10-25-20(19)28)18-16(23)8-14(29-3)9-22(18,2)24/h4-8,11,15,19H,9-10H2,1-3H3,(H,25,28)(H,26,27)/t15-,19-,22?/m0/s1. The number of nitrogens with one attached hydrogen (secondary N) is 2. The highest BCUT2D eigenvalue weighted by molar-refractivity contribution is 5.87. The number of carbonyl (C=O) groups is 1. The lowest BCUT2D eigenvalue weighted by atomic mass is 9.78. The van der Waals surface area contributed by atoms with Gasteiger partial charge >= 0.3 is 0 Å². The van der Waals surface area contributed by atoms with E-state index in [1.54, 1.807) is 6.20 Å². The van der Waals surface area contributed by atoms with E-state index < -0.39 is 23.5 Å². The Hall–Kier alpha value is -3.16. The van der Waals surface area contributed by atoms with Gasteiger partial charge in [-0.15, -0.1) is 0 Å². The van der Waals surface area contributed by atoms with Gasteiger partial charge in [-0.3, -0.25) is 4.79 Å². The molecule has 3 atom stereocenters. The quantitative estimate of drug-likeness (QED) is 0.770. The van der Waals surface area contributed by atoms with Crippen molar-refractivity contribution in [3.8, 4) is 11.3 Å². The first kappa shape index (κ1) is 20.1. The van der Waals surface area contributed by atoms with Gasteiger partial charge in [0.05, 0.1) is 13.3 Å². The van der Waals surface area contributed by atoms with Crippen LogP contribution in [0.25, 0.3) is 11.3 Å². The molecule has 1 aliphatic carbocycles. The second-order valence-corrected chi connectivity index (χ2v) is 7.82. The van der Waals surface area contributed by atoms with Crippen molar-refractivity contribution in [2.75, 3.05) is 19.0 Å². The molecule has 1 amide bonds. The Labute approximate surface area is 173 Å². The number of alkyl halides is 1. The van der Waals surface area contributed by atoms with Crippen LogP contribution in [-0.2, 0) is 9.53 Å². The Morgan fingerprint density at radius 1 is 1.33 bits per heavy atom. The fourth-order valence-corrected chi connectivity index (χ4v) is 4.02. The van der Waals surface area contributed by atoms with E-state index in [2.05, 4.69) is 15.6 Å². The van der Waals surface area contributed by atoms with Gasteiger partial charge < -0.3 is 19.8 Å². The average Bonchev–Trinajstić information content (AvgIpc) is 3.30. The number of benzene rings is 1. The highest BCUT2D eigenvalue weighted by Gasteiger charge is 2.47.